The maximum Gasteiger partial charge on any atom is 0.326 e. The molecule has 0 radical (unpaired) electrons. The normalized spacial score (nSPS) is 28.9. The van der Waals surface area contributed by atoms with Crippen molar-refractivity contribution in [3.63, 3.8) is 0 Å². The maximum absolute atomic E-state index is 11.4. The molecule has 0 saturated carbocycles. The Balaban J connectivity index is 2.76. The number of aliphatic hydroxyl groups excluding tert-OH is 1. The Kier molecular flexibility index (Phi) is 3.07. The third kappa shape index (κ3) is 2.02. The highest BCUT2D eigenvalue weighted by molar-refractivity contribution is 5.87. The number of amides is 1. The van der Waals surface area contributed by atoms with Crippen molar-refractivity contribution in [2.24, 2.45) is 5.73 Å². The molecule has 1 fully saturated rings. The van der Waals surface area contributed by atoms with Crippen molar-refractivity contribution < 1.29 is 19.8 Å². The van der Waals surface area contributed by atoms with Crippen LogP contribution in [-0.4, -0.2) is 51.7 Å². The molecular weight excluding hydrogens is 188 g/mol. The van der Waals surface area contributed by atoms with E-state index < -0.39 is 30.1 Å². The smallest absolute Gasteiger partial charge is 0.326 e. The SMILES string of the molecule is C[C@H](N)C(=O)N1CC(O)C[C@H]1C(=O)O. The fourth-order valence-corrected chi connectivity index (χ4v) is 1.55. The Hall–Kier alpha value is -1.14. The van der Waals surface area contributed by atoms with Crippen LogP contribution in [0, 0.1) is 0 Å². The van der Waals surface area contributed by atoms with Gasteiger partial charge in [0, 0.05) is 13.0 Å². The molecule has 0 aromatic rings. The minimum absolute atomic E-state index is 0.0529. The zero-order valence-corrected chi connectivity index (χ0v) is 7.88. The summed E-state index contributed by atoms with van der Waals surface area (Å²) >= 11 is 0. The largest absolute Gasteiger partial charge is 0.480 e. The third-order valence-electron chi connectivity index (χ3n) is 2.24. The lowest BCUT2D eigenvalue weighted by Crippen LogP contribution is -2.47. The number of β-amino-alcohol motifs (C(OH)–C–C–N with tert-alkyl or cyclic N) is 1. The second kappa shape index (κ2) is 3.93. The molecule has 3 atom stereocenters. The highest BCUT2D eigenvalue weighted by atomic mass is 16.4. The van der Waals surface area contributed by atoms with Crippen LogP contribution < -0.4 is 5.73 Å². The van der Waals surface area contributed by atoms with E-state index in [9.17, 15) is 14.7 Å². The van der Waals surface area contributed by atoms with Crippen molar-refractivity contribution in [2.45, 2.75) is 31.5 Å². The standard InChI is InChI=1S/C8H14N2O4/c1-4(9)7(12)10-3-5(11)2-6(10)8(13)14/h4-6,11H,2-3,9H2,1H3,(H,13,14)/t4-,5?,6-/m0/s1. The topological polar surface area (TPSA) is 104 Å². The number of hydrogen-bond acceptors (Lipinski definition) is 4. The van der Waals surface area contributed by atoms with Crippen LogP contribution in [0.25, 0.3) is 0 Å². The Morgan fingerprint density at radius 1 is 1.57 bits per heavy atom. The van der Waals surface area contributed by atoms with Crippen LogP contribution in [0.4, 0.5) is 0 Å². The van der Waals surface area contributed by atoms with Crippen molar-refractivity contribution in [2.75, 3.05) is 6.54 Å². The number of nitrogens with two attached hydrogens (primary N) is 1. The first-order chi connectivity index (χ1) is 6.43. The van der Waals surface area contributed by atoms with Gasteiger partial charge in [0.2, 0.25) is 5.91 Å². The molecule has 0 aromatic heterocycles. The molecule has 14 heavy (non-hydrogen) atoms. The van der Waals surface area contributed by atoms with Crippen molar-refractivity contribution >= 4 is 11.9 Å². The van der Waals surface area contributed by atoms with E-state index in [4.69, 9.17) is 10.8 Å². The van der Waals surface area contributed by atoms with E-state index in [1.165, 1.54) is 6.92 Å². The zero-order valence-electron chi connectivity index (χ0n) is 7.88. The molecule has 1 unspecified atom stereocenters. The van der Waals surface area contributed by atoms with Crippen LogP contribution in [0.5, 0.6) is 0 Å². The number of hydrogen-bond donors (Lipinski definition) is 3. The van der Waals surface area contributed by atoms with Crippen molar-refractivity contribution in [1.29, 1.82) is 0 Å². The number of carbonyl (C=O) groups is 2. The van der Waals surface area contributed by atoms with E-state index in [1.807, 2.05) is 0 Å². The van der Waals surface area contributed by atoms with E-state index in [1.54, 1.807) is 0 Å². The first-order valence-electron chi connectivity index (χ1n) is 4.40. The quantitative estimate of drug-likeness (QED) is 0.499. The second-order valence-electron chi connectivity index (χ2n) is 3.52. The summed E-state index contributed by atoms with van der Waals surface area (Å²) in [5.41, 5.74) is 5.36. The van der Waals surface area contributed by atoms with Crippen LogP contribution in [0.2, 0.25) is 0 Å². The van der Waals surface area contributed by atoms with E-state index >= 15 is 0 Å². The average Bonchev–Trinajstić information content (AvgIpc) is 2.45. The average molecular weight is 202 g/mol. The van der Waals surface area contributed by atoms with Gasteiger partial charge in [-0.15, -0.1) is 0 Å². The van der Waals surface area contributed by atoms with Crippen molar-refractivity contribution in [3.8, 4) is 0 Å². The molecule has 1 heterocycles. The van der Waals surface area contributed by atoms with Gasteiger partial charge in [0.05, 0.1) is 12.1 Å². The molecule has 0 bridgehead atoms. The van der Waals surface area contributed by atoms with Crippen LogP contribution in [-0.2, 0) is 9.59 Å². The molecule has 1 saturated heterocycles. The number of rotatable bonds is 2. The second-order valence-corrected chi connectivity index (χ2v) is 3.52. The number of carboxylic acid groups (broad SMARTS) is 1. The number of likely N-dealkylation sites (tertiary alicyclic amines) is 1. The Morgan fingerprint density at radius 2 is 2.14 bits per heavy atom. The lowest BCUT2D eigenvalue weighted by molar-refractivity contribution is -0.148. The Bertz CT molecular complexity index is 254. The molecule has 4 N–H and O–H groups in total. The van der Waals surface area contributed by atoms with Crippen LogP contribution >= 0.6 is 0 Å². The maximum atomic E-state index is 11.4. The van der Waals surface area contributed by atoms with Crippen LogP contribution in [0.3, 0.4) is 0 Å². The molecular formula is C8H14N2O4. The number of carboxylic acids is 1. The molecule has 1 aliphatic heterocycles. The predicted octanol–water partition coefficient (Wildman–Crippen LogP) is -1.62. The number of carbonyl (C=O) groups excluding carboxylic acids is 1. The summed E-state index contributed by atoms with van der Waals surface area (Å²) in [6, 6.07) is -1.68. The predicted molar refractivity (Wildman–Crippen MR) is 47.4 cm³/mol. The molecule has 6 heteroatoms. The van der Waals surface area contributed by atoms with E-state index in [0.29, 0.717) is 0 Å². The molecule has 0 aliphatic carbocycles. The van der Waals surface area contributed by atoms with Gasteiger partial charge in [-0.1, -0.05) is 0 Å². The summed E-state index contributed by atoms with van der Waals surface area (Å²) in [7, 11) is 0. The molecule has 0 spiro atoms. The van der Waals surface area contributed by atoms with E-state index in [2.05, 4.69) is 0 Å². The van der Waals surface area contributed by atoms with Crippen molar-refractivity contribution in [1.82, 2.24) is 4.90 Å². The summed E-state index contributed by atoms with van der Waals surface area (Å²) in [5.74, 6) is -1.54. The summed E-state index contributed by atoms with van der Waals surface area (Å²) in [6.45, 7) is 1.54. The zero-order chi connectivity index (χ0) is 10.9. The Labute approximate surface area is 81.3 Å². The minimum atomic E-state index is -1.10. The van der Waals surface area contributed by atoms with Gasteiger partial charge in [-0.3, -0.25) is 4.79 Å². The number of aliphatic carboxylic acids is 1. The molecule has 1 aliphatic rings. The fraction of sp³-hybridized carbons (Fsp3) is 0.750. The summed E-state index contributed by atoms with van der Waals surface area (Å²) in [4.78, 5) is 23.3. The van der Waals surface area contributed by atoms with E-state index in [0.717, 1.165) is 4.90 Å². The van der Waals surface area contributed by atoms with Crippen molar-refractivity contribution in [3.05, 3.63) is 0 Å². The van der Waals surface area contributed by atoms with Gasteiger partial charge < -0.3 is 20.8 Å². The molecule has 6 nitrogen and oxygen atoms in total. The van der Waals surface area contributed by atoms with Crippen LogP contribution in [0.15, 0.2) is 0 Å². The summed E-state index contributed by atoms with van der Waals surface area (Å²) in [5, 5.41) is 18.0. The van der Waals surface area contributed by atoms with Gasteiger partial charge in [-0.25, -0.2) is 4.79 Å². The lowest BCUT2D eigenvalue weighted by atomic mass is 10.2. The summed E-state index contributed by atoms with van der Waals surface area (Å²) in [6.07, 6.45) is -0.688. The first-order valence-corrected chi connectivity index (χ1v) is 4.40. The summed E-state index contributed by atoms with van der Waals surface area (Å²) < 4.78 is 0. The third-order valence-corrected chi connectivity index (χ3v) is 2.24. The van der Waals surface area contributed by atoms with E-state index in [-0.39, 0.29) is 13.0 Å². The number of aliphatic hydroxyl groups is 1. The van der Waals surface area contributed by atoms with Gasteiger partial charge in [-0.05, 0) is 6.92 Å². The van der Waals surface area contributed by atoms with Gasteiger partial charge in [0.15, 0.2) is 0 Å². The first kappa shape index (κ1) is 10.9. The fourth-order valence-electron chi connectivity index (χ4n) is 1.55. The van der Waals surface area contributed by atoms with Gasteiger partial charge in [0.25, 0.3) is 0 Å². The molecule has 0 aromatic carbocycles. The number of nitrogens with zero attached hydrogens (tertiary/aromatic N) is 1. The molecule has 1 amide bonds. The van der Waals surface area contributed by atoms with Gasteiger partial charge >= 0.3 is 5.97 Å². The monoisotopic (exact) mass is 202 g/mol. The molecule has 80 valence electrons. The highest BCUT2D eigenvalue weighted by Crippen LogP contribution is 2.18. The lowest BCUT2D eigenvalue weighted by Gasteiger charge is -2.22. The highest BCUT2D eigenvalue weighted by Gasteiger charge is 2.39. The van der Waals surface area contributed by atoms with Gasteiger partial charge in [0.1, 0.15) is 6.04 Å². The minimum Gasteiger partial charge on any atom is -0.480 e. The Morgan fingerprint density at radius 3 is 2.57 bits per heavy atom. The molecule has 1 rings (SSSR count). The van der Waals surface area contributed by atoms with Gasteiger partial charge in [-0.2, -0.15) is 0 Å². The van der Waals surface area contributed by atoms with Crippen LogP contribution in [0.1, 0.15) is 13.3 Å².